The Bertz CT molecular complexity index is 634. The van der Waals surface area contributed by atoms with Gasteiger partial charge < -0.3 is 10.5 Å². The summed E-state index contributed by atoms with van der Waals surface area (Å²) >= 11 is 17.7. The van der Waals surface area contributed by atoms with Crippen LogP contribution in [0.15, 0.2) is 30.3 Å². The van der Waals surface area contributed by atoms with Crippen molar-refractivity contribution in [1.29, 1.82) is 0 Å². The lowest BCUT2D eigenvalue weighted by atomic mass is 10.1. The van der Waals surface area contributed by atoms with E-state index in [2.05, 4.69) is 0 Å². The topological polar surface area (TPSA) is 35.2 Å². The number of ether oxygens (including phenoxy) is 1. The summed E-state index contributed by atoms with van der Waals surface area (Å²) < 4.78 is 18.9. The SMILES string of the molecule is NCc1cc(F)cc(COc2cc(Cl)c(Cl)cc2Cl)c1. The fourth-order valence-corrected chi connectivity index (χ4v) is 2.29. The van der Waals surface area contributed by atoms with Crippen LogP contribution in [0.5, 0.6) is 5.75 Å². The fraction of sp³-hybridized carbons (Fsp3) is 0.143. The summed E-state index contributed by atoms with van der Waals surface area (Å²) in [5.41, 5.74) is 6.85. The van der Waals surface area contributed by atoms with Gasteiger partial charge in [-0.05, 0) is 29.3 Å². The van der Waals surface area contributed by atoms with Gasteiger partial charge in [0.15, 0.2) is 0 Å². The minimum atomic E-state index is -0.355. The summed E-state index contributed by atoms with van der Waals surface area (Å²) in [4.78, 5) is 0. The minimum Gasteiger partial charge on any atom is -0.487 e. The standard InChI is InChI=1S/C14H11Cl3FNO/c15-11-4-13(17)14(5-12(11)16)20-7-9-1-8(6-19)2-10(18)3-9/h1-5H,6-7,19H2. The van der Waals surface area contributed by atoms with E-state index in [1.54, 1.807) is 6.07 Å². The largest absolute Gasteiger partial charge is 0.487 e. The van der Waals surface area contributed by atoms with E-state index in [-0.39, 0.29) is 19.0 Å². The van der Waals surface area contributed by atoms with Crippen molar-refractivity contribution in [3.63, 3.8) is 0 Å². The fourth-order valence-electron chi connectivity index (χ4n) is 1.69. The first-order chi connectivity index (χ1) is 9.49. The van der Waals surface area contributed by atoms with Gasteiger partial charge in [-0.3, -0.25) is 0 Å². The van der Waals surface area contributed by atoms with Crippen molar-refractivity contribution in [1.82, 2.24) is 0 Å². The van der Waals surface area contributed by atoms with Crippen LogP contribution in [-0.4, -0.2) is 0 Å². The first kappa shape index (κ1) is 15.4. The summed E-state index contributed by atoms with van der Waals surface area (Å²) in [5.74, 6) is 0.0337. The van der Waals surface area contributed by atoms with Crippen molar-refractivity contribution in [2.75, 3.05) is 0 Å². The molecule has 0 aliphatic carbocycles. The molecule has 2 aromatic rings. The molecule has 0 radical (unpaired) electrons. The number of hydrogen-bond acceptors (Lipinski definition) is 2. The molecule has 0 aliphatic rings. The van der Waals surface area contributed by atoms with Gasteiger partial charge >= 0.3 is 0 Å². The average Bonchev–Trinajstić information content (AvgIpc) is 2.40. The van der Waals surface area contributed by atoms with E-state index in [0.29, 0.717) is 31.9 Å². The summed E-state index contributed by atoms with van der Waals surface area (Å²) in [6.45, 7) is 0.417. The second-order valence-electron chi connectivity index (χ2n) is 4.16. The molecule has 0 fully saturated rings. The Kier molecular flexibility index (Phi) is 5.11. The molecule has 0 aromatic heterocycles. The van der Waals surface area contributed by atoms with E-state index < -0.39 is 0 Å². The zero-order valence-corrected chi connectivity index (χ0v) is 12.6. The number of halogens is 4. The second-order valence-corrected chi connectivity index (χ2v) is 5.38. The van der Waals surface area contributed by atoms with Crippen LogP contribution in [-0.2, 0) is 13.2 Å². The number of rotatable bonds is 4. The third kappa shape index (κ3) is 3.76. The van der Waals surface area contributed by atoms with E-state index in [9.17, 15) is 4.39 Å². The first-order valence-corrected chi connectivity index (χ1v) is 6.88. The van der Waals surface area contributed by atoms with Gasteiger partial charge in [0.05, 0.1) is 15.1 Å². The molecule has 0 heterocycles. The lowest BCUT2D eigenvalue weighted by Gasteiger charge is -2.10. The van der Waals surface area contributed by atoms with Crippen LogP contribution in [0.1, 0.15) is 11.1 Å². The molecule has 2 N–H and O–H groups in total. The zero-order valence-electron chi connectivity index (χ0n) is 10.3. The van der Waals surface area contributed by atoms with Crippen LogP contribution in [0.25, 0.3) is 0 Å². The molecule has 6 heteroatoms. The predicted molar refractivity (Wildman–Crippen MR) is 80.1 cm³/mol. The third-order valence-electron chi connectivity index (χ3n) is 2.62. The van der Waals surface area contributed by atoms with Crippen LogP contribution in [0.3, 0.4) is 0 Å². The summed E-state index contributed by atoms with van der Waals surface area (Å²) in [6, 6.07) is 7.56. The maximum atomic E-state index is 13.4. The molecule has 0 spiro atoms. The van der Waals surface area contributed by atoms with Crippen molar-refractivity contribution >= 4 is 34.8 Å². The van der Waals surface area contributed by atoms with E-state index in [1.807, 2.05) is 0 Å². The van der Waals surface area contributed by atoms with E-state index >= 15 is 0 Å². The summed E-state index contributed by atoms with van der Waals surface area (Å²) in [6.07, 6.45) is 0. The van der Waals surface area contributed by atoms with Crippen LogP contribution >= 0.6 is 34.8 Å². The van der Waals surface area contributed by atoms with Crippen molar-refractivity contribution in [2.45, 2.75) is 13.2 Å². The zero-order chi connectivity index (χ0) is 14.7. The van der Waals surface area contributed by atoms with Crippen LogP contribution < -0.4 is 10.5 Å². The summed E-state index contributed by atoms with van der Waals surface area (Å²) in [7, 11) is 0. The smallest absolute Gasteiger partial charge is 0.139 e. The molecule has 0 saturated heterocycles. The molecule has 20 heavy (non-hydrogen) atoms. The highest BCUT2D eigenvalue weighted by Gasteiger charge is 2.08. The molecule has 106 valence electrons. The maximum Gasteiger partial charge on any atom is 0.139 e. The molecule has 0 atom stereocenters. The van der Waals surface area contributed by atoms with Crippen molar-refractivity contribution < 1.29 is 9.13 Å². The minimum absolute atomic E-state index is 0.155. The molecule has 2 nitrogen and oxygen atoms in total. The first-order valence-electron chi connectivity index (χ1n) is 5.75. The van der Waals surface area contributed by atoms with Gasteiger partial charge in [0, 0.05) is 12.6 Å². The van der Waals surface area contributed by atoms with Crippen LogP contribution in [0, 0.1) is 5.82 Å². The van der Waals surface area contributed by atoms with E-state index in [1.165, 1.54) is 24.3 Å². The lowest BCUT2D eigenvalue weighted by Crippen LogP contribution is -2.01. The lowest BCUT2D eigenvalue weighted by molar-refractivity contribution is 0.305. The molecule has 2 rings (SSSR count). The Labute approximate surface area is 131 Å². The molecule has 0 amide bonds. The second kappa shape index (κ2) is 6.64. The Morgan fingerprint density at radius 3 is 2.25 bits per heavy atom. The molecular formula is C14H11Cl3FNO. The number of benzene rings is 2. The monoisotopic (exact) mass is 333 g/mol. The Hall–Kier alpha value is -1.000. The maximum absolute atomic E-state index is 13.4. The van der Waals surface area contributed by atoms with Gasteiger partial charge in [0.2, 0.25) is 0 Å². The molecule has 0 unspecified atom stereocenters. The van der Waals surface area contributed by atoms with E-state index in [0.717, 1.165) is 0 Å². The van der Waals surface area contributed by atoms with Gasteiger partial charge in [0.1, 0.15) is 18.2 Å². The Balaban J connectivity index is 2.16. The Morgan fingerprint density at radius 1 is 0.900 bits per heavy atom. The molecule has 0 saturated carbocycles. The molecule has 0 bridgehead atoms. The summed E-state index contributed by atoms with van der Waals surface area (Å²) in [5, 5.41) is 1.03. The highest BCUT2D eigenvalue weighted by Crippen LogP contribution is 2.34. The predicted octanol–water partition coefficient (Wildman–Crippen LogP) is 4.82. The van der Waals surface area contributed by atoms with E-state index in [4.69, 9.17) is 45.3 Å². The highest BCUT2D eigenvalue weighted by atomic mass is 35.5. The van der Waals surface area contributed by atoms with Crippen LogP contribution in [0.2, 0.25) is 15.1 Å². The van der Waals surface area contributed by atoms with Crippen molar-refractivity contribution in [3.8, 4) is 5.75 Å². The molecular weight excluding hydrogens is 324 g/mol. The van der Waals surface area contributed by atoms with Gasteiger partial charge in [0.25, 0.3) is 0 Å². The van der Waals surface area contributed by atoms with Crippen molar-refractivity contribution in [2.24, 2.45) is 5.73 Å². The van der Waals surface area contributed by atoms with Crippen LogP contribution in [0.4, 0.5) is 4.39 Å². The quantitative estimate of drug-likeness (QED) is 0.813. The van der Waals surface area contributed by atoms with Crippen molar-refractivity contribution in [3.05, 3.63) is 62.3 Å². The van der Waals surface area contributed by atoms with Gasteiger partial charge in [-0.1, -0.05) is 40.9 Å². The third-order valence-corrected chi connectivity index (χ3v) is 3.64. The number of nitrogens with two attached hydrogens (primary N) is 1. The number of hydrogen-bond donors (Lipinski definition) is 1. The van der Waals surface area contributed by atoms with Gasteiger partial charge in [-0.25, -0.2) is 4.39 Å². The molecule has 0 aliphatic heterocycles. The van der Waals surface area contributed by atoms with Gasteiger partial charge in [-0.15, -0.1) is 0 Å². The van der Waals surface area contributed by atoms with Gasteiger partial charge in [-0.2, -0.15) is 0 Å². The Morgan fingerprint density at radius 2 is 1.55 bits per heavy atom. The normalized spacial score (nSPS) is 10.7. The molecule has 2 aromatic carbocycles. The average molecular weight is 335 g/mol. The highest BCUT2D eigenvalue weighted by molar-refractivity contribution is 6.43.